The van der Waals surface area contributed by atoms with Crippen LogP contribution in [0.4, 0.5) is 0 Å². The van der Waals surface area contributed by atoms with Crippen LogP contribution >= 0.6 is 12.2 Å². The van der Waals surface area contributed by atoms with Crippen molar-refractivity contribution in [3.63, 3.8) is 0 Å². The van der Waals surface area contributed by atoms with E-state index in [2.05, 4.69) is 34.2 Å². The summed E-state index contributed by atoms with van der Waals surface area (Å²) in [7, 11) is 0. The molecular weight excluding hydrogens is 210 g/mol. The quantitative estimate of drug-likeness (QED) is 0.788. The Balaban J connectivity index is 2.59. The molecule has 0 saturated carbocycles. The Morgan fingerprint density at radius 1 is 1.40 bits per heavy atom. The minimum absolute atomic E-state index is 0.263. The van der Waals surface area contributed by atoms with Crippen molar-refractivity contribution >= 4 is 12.2 Å². The van der Waals surface area contributed by atoms with Gasteiger partial charge in [-0.15, -0.1) is 0 Å². The van der Waals surface area contributed by atoms with Crippen molar-refractivity contribution in [1.29, 1.82) is 0 Å². The first kappa shape index (κ1) is 9.97. The van der Waals surface area contributed by atoms with E-state index in [1.165, 1.54) is 0 Å². The lowest BCUT2D eigenvalue weighted by atomic mass is 10.3. The summed E-state index contributed by atoms with van der Waals surface area (Å²) in [6.45, 7) is 4.12. The van der Waals surface area contributed by atoms with Gasteiger partial charge >= 0.3 is 0 Å². The highest BCUT2D eigenvalue weighted by molar-refractivity contribution is 7.71. The molecule has 78 valence electrons. The molecule has 0 aromatic carbocycles. The summed E-state index contributed by atoms with van der Waals surface area (Å²) in [6, 6.07) is 2.12. The second-order valence-electron chi connectivity index (χ2n) is 3.45. The average molecular weight is 221 g/mol. The molecule has 0 saturated heterocycles. The molecule has 15 heavy (non-hydrogen) atoms. The first-order valence-corrected chi connectivity index (χ1v) is 5.05. The molecule has 0 spiro atoms. The molecule has 0 amide bonds. The van der Waals surface area contributed by atoms with Crippen LogP contribution in [-0.2, 0) is 0 Å². The first-order valence-electron chi connectivity index (χ1n) is 4.64. The molecule has 2 heterocycles. The van der Waals surface area contributed by atoms with Crippen LogP contribution in [0, 0.1) is 4.77 Å². The van der Waals surface area contributed by atoms with E-state index in [4.69, 9.17) is 12.2 Å². The smallest absolute Gasteiger partial charge is 0.195 e. The van der Waals surface area contributed by atoms with E-state index >= 15 is 0 Å². The lowest BCUT2D eigenvalue weighted by Gasteiger charge is -2.09. The zero-order valence-electron chi connectivity index (χ0n) is 8.51. The summed E-state index contributed by atoms with van der Waals surface area (Å²) < 4.78 is 2.57. The van der Waals surface area contributed by atoms with E-state index in [9.17, 15) is 0 Å². The van der Waals surface area contributed by atoms with Crippen LogP contribution in [-0.4, -0.2) is 25.0 Å². The molecule has 0 aliphatic rings. The third-order valence-corrected chi connectivity index (χ3v) is 2.35. The minimum atomic E-state index is 0.263. The van der Waals surface area contributed by atoms with Gasteiger partial charge in [-0.25, -0.2) is 0 Å². The largest absolute Gasteiger partial charge is 0.298 e. The second kappa shape index (κ2) is 3.90. The maximum absolute atomic E-state index is 5.16. The fourth-order valence-electron chi connectivity index (χ4n) is 1.41. The number of nitrogens with zero attached hydrogens (tertiary/aromatic N) is 4. The van der Waals surface area contributed by atoms with Crippen LogP contribution in [0.5, 0.6) is 0 Å². The van der Waals surface area contributed by atoms with Crippen molar-refractivity contribution in [2.24, 2.45) is 0 Å². The predicted molar refractivity (Wildman–Crippen MR) is 58.8 cm³/mol. The van der Waals surface area contributed by atoms with Crippen molar-refractivity contribution in [3.8, 4) is 11.4 Å². The van der Waals surface area contributed by atoms with E-state index in [1.807, 2.05) is 10.6 Å². The predicted octanol–water partition coefficient (Wildman–Crippen LogP) is 1.98. The number of aromatic amines is 1. The maximum atomic E-state index is 5.16. The normalized spacial score (nSPS) is 10.9. The molecule has 0 atom stereocenters. The van der Waals surface area contributed by atoms with Crippen LogP contribution in [0.1, 0.15) is 19.9 Å². The Morgan fingerprint density at radius 2 is 2.20 bits per heavy atom. The van der Waals surface area contributed by atoms with Gasteiger partial charge < -0.3 is 0 Å². The summed E-state index contributed by atoms with van der Waals surface area (Å²) >= 11 is 5.16. The summed E-state index contributed by atoms with van der Waals surface area (Å²) in [5.41, 5.74) is 0.908. The third-order valence-electron chi connectivity index (χ3n) is 2.06. The van der Waals surface area contributed by atoms with Crippen LogP contribution in [0.15, 0.2) is 18.5 Å². The lowest BCUT2D eigenvalue weighted by molar-refractivity contribution is 0.596. The van der Waals surface area contributed by atoms with Crippen molar-refractivity contribution in [3.05, 3.63) is 23.2 Å². The van der Waals surface area contributed by atoms with Crippen LogP contribution in [0.2, 0.25) is 0 Å². The Kier molecular flexibility index (Phi) is 2.59. The van der Waals surface area contributed by atoms with E-state index in [0.29, 0.717) is 4.77 Å². The minimum Gasteiger partial charge on any atom is -0.298 e. The van der Waals surface area contributed by atoms with Gasteiger partial charge in [-0.3, -0.25) is 9.67 Å². The summed E-state index contributed by atoms with van der Waals surface area (Å²) in [5.74, 6) is 0.796. The molecule has 2 aromatic heterocycles. The van der Waals surface area contributed by atoms with Crippen LogP contribution in [0.25, 0.3) is 11.4 Å². The van der Waals surface area contributed by atoms with Crippen LogP contribution < -0.4 is 0 Å². The Hall–Kier alpha value is -1.56. The van der Waals surface area contributed by atoms with Gasteiger partial charge in [0.2, 0.25) is 0 Å². The molecule has 0 aliphatic carbocycles. The summed E-state index contributed by atoms with van der Waals surface area (Å²) in [5, 5.41) is 14.5. The van der Waals surface area contributed by atoms with Gasteiger partial charge in [0, 0.05) is 11.6 Å². The standard InChI is InChI=1S/C9H11N5S/c1-6(2)14-8(12-13-9(14)15)7-3-4-10-11-5-7/h3-6H,1-2H3,(H,13,15). The molecule has 2 rings (SSSR count). The van der Waals surface area contributed by atoms with E-state index in [0.717, 1.165) is 11.4 Å². The first-order chi connectivity index (χ1) is 7.20. The second-order valence-corrected chi connectivity index (χ2v) is 3.83. The lowest BCUT2D eigenvalue weighted by Crippen LogP contribution is -2.03. The summed E-state index contributed by atoms with van der Waals surface area (Å²) in [6.07, 6.45) is 3.31. The molecule has 0 unspecified atom stereocenters. The summed E-state index contributed by atoms with van der Waals surface area (Å²) in [4.78, 5) is 0. The number of aromatic nitrogens is 5. The van der Waals surface area contributed by atoms with Crippen molar-refractivity contribution in [1.82, 2.24) is 25.0 Å². The number of hydrogen-bond donors (Lipinski definition) is 1. The van der Waals surface area contributed by atoms with Gasteiger partial charge in [0.1, 0.15) is 0 Å². The van der Waals surface area contributed by atoms with Crippen molar-refractivity contribution < 1.29 is 0 Å². The fourth-order valence-corrected chi connectivity index (χ4v) is 1.75. The molecule has 1 N–H and O–H groups in total. The number of rotatable bonds is 2. The molecular formula is C9H11N5S. The number of nitrogens with one attached hydrogen (secondary N) is 1. The molecule has 5 nitrogen and oxygen atoms in total. The number of hydrogen-bond acceptors (Lipinski definition) is 4. The molecule has 6 heteroatoms. The topological polar surface area (TPSA) is 59.4 Å². The molecule has 0 aliphatic heterocycles. The maximum Gasteiger partial charge on any atom is 0.195 e. The highest BCUT2D eigenvalue weighted by Gasteiger charge is 2.10. The van der Waals surface area contributed by atoms with Gasteiger partial charge in [-0.2, -0.15) is 15.3 Å². The average Bonchev–Trinajstić information content (AvgIpc) is 2.61. The fraction of sp³-hybridized carbons (Fsp3) is 0.333. The Bertz CT molecular complexity index is 499. The molecule has 0 fully saturated rings. The van der Waals surface area contributed by atoms with E-state index in [-0.39, 0.29) is 6.04 Å². The SMILES string of the molecule is CC(C)n1c(-c2ccnnc2)n[nH]c1=S. The highest BCUT2D eigenvalue weighted by Crippen LogP contribution is 2.19. The van der Waals surface area contributed by atoms with Crippen molar-refractivity contribution in [2.75, 3.05) is 0 Å². The zero-order valence-corrected chi connectivity index (χ0v) is 9.32. The van der Waals surface area contributed by atoms with Gasteiger partial charge in [0.15, 0.2) is 10.6 Å². The monoisotopic (exact) mass is 221 g/mol. The van der Waals surface area contributed by atoms with E-state index in [1.54, 1.807) is 12.4 Å². The zero-order chi connectivity index (χ0) is 10.8. The molecule has 2 aromatic rings. The van der Waals surface area contributed by atoms with Gasteiger partial charge in [-0.1, -0.05) is 0 Å². The Labute approximate surface area is 92.2 Å². The van der Waals surface area contributed by atoms with Crippen molar-refractivity contribution in [2.45, 2.75) is 19.9 Å². The van der Waals surface area contributed by atoms with Gasteiger partial charge in [-0.05, 0) is 32.1 Å². The van der Waals surface area contributed by atoms with Gasteiger partial charge in [0.05, 0.1) is 12.4 Å². The molecule has 0 bridgehead atoms. The highest BCUT2D eigenvalue weighted by atomic mass is 32.1. The Morgan fingerprint density at radius 3 is 2.80 bits per heavy atom. The van der Waals surface area contributed by atoms with Gasteiger partial charge in [0.25, 0.3) is 0 Å². The number of H-pyrrole nitrogens is 1. The van der Waals surface area contributed by atoms with Crippen LogP contribution in [0.3, 0.4) is 0 Å². The third kappa shape index (κ3) is 1.80. The molecule has 0 radical (unpaired) electrons. The van der Waals surface area contributed by atoms with E-state index < -0.39 is 0 Å².